The first kappa shape index (κ1) is 9.68. The first-order valence-electron chi connectivity index (χ1n) is 3.93. The molecular weight excluding hydrogens is 267 g/mol. The molecule has 0 unspecified atom stereocenters. The Labute approximate surface area is 94.2 Å². The minimum absolute atomic E-state index is 0.469. The number of rotatable bonds is 1. The Hall–Kier alpha value is -0.870. The van der Waals surface area contributed by atoms with Crippen LogP contribution in [0.2, 0.25) is 5.02 Å². The van der Waals surface area contributed by atoms with Gasteiger partial charge < -0.3 is 4.52 Å². The van der Waals surface area contributed by atoms with Crippen molar-refractivity contribution in [2.75, 3.05) is 0 Å². The Kier molecular flexibility index (Phi) is 2.56. The molecule has 14 heavy (non-hydrogen) atoms. The molecule has 72 valence electrons. The third-order valence-electron chi connectivity index (χ3n) is 1.71. The lowest BCUT2D eigenvalue weighted by Gasteiger charge is -1.99. The SMILES string of the molecule is Cc1noc(-c2cccc(Cl)c2Br)n1. The number of aryl methyl sites for hydroxylation is 1. The van der Waals surface area contributed by atoms with Crippen molar-refractivity contribution >= 4 is 27.5 Å². The predicted octanol–water partition coefficient (Wildman–Crippen LogP) is 3.46. The van der Waals surface area contributed by atoms with Crippen LogP contribution in [0.15, 0.2) is 27.2 Å². The van der Waals surface area contributed by atoms with E-state index in [9.17, 15) is 0 Å². The van der Waals surface area contributed by atoms with Crippen LogP contribution in [0.3, 0.4) is 0 Å². The van der Waals surface area contributed by atoms with Crippen molar-refractivity contribution in [3.8, 4) is 11.5 Å². The molecule has 0 N–H and O–H groups in total. The highest BCUT2D eigenvalue weighted by Crippen LogP contribution is 2.32. The summed E-state index contributed by atoms with van der Waals surface area (Å²) in [5.74, 6) is 1.07. The number of halogens is 2. The van der Waals surface area contributed by atoms with Crippen LogP contribution in [0.25, 0.3) is 11.5 Å². The summed E-state index contributed by atoms with van der Waals surface area (Å²) in [5.41, 5.74) is 0.804. The molecule has 0 saturated carbocycles. The lowest BCUT2D eigenvalue weighted by atomic mass is 10.2. The molecule has 2 rings (SSSR count). The maximum Gasteiger partial charge on any atom is 0.259 e. The lowest BCUT2D eigenvalue weighted by Crippen LogP contribution is -1.80. The lowest BCUT2D eigenvalue weighted by molar-refractivity contribution is 0.425. The highest BCUT2D eigenvalue weighted by atomic mass is 79.9. The van der Waals surface area contributed by atoms with E-state index < -0.39 is 0 Å². The molecule has 0 saturated heterocycles. The van der Waals surface area contributed by atoms with Crippen LogP contribution >= 0.6 is 27.5 Å². The number of hydrogen-bond acceptors (Lipinski definition) is 3. The van der Waals surface area contributed by atoms with Crippen molar-refractivity contribution in [3.63, 3.8) is 0 Å². The molecule has 0 spiro atoms. The van der Waals surface area contributed by atoms with Crippen molar-refractivity contribution in [1.29, 1.82) is 0 Å². The predicted molar refractivity (Wildman–Crippen MR) is 57.2 cm³/mol. The van der Waals surface area contributed by atoms with Crippen LogP contribution in [-0.4, -0.2) is 10.1 Å². The van der Waals surface area contributed by atoms with Crippen molar-refractivity contribution in [2.24, 2.45) is 0 Å². The first-order chi connectivity index (χ1) is 6.68. The Balaban J connectivity index is 2.57. The van der Waals surface area contributed by atoms with Gasteiger partial charge in [0, 0.05) is 4.47 Å². The van der Waals surface area contributed by atoms with Gasteiger partial charge in [-0.05, 0) is 35.0 Å². The summed E-state index contributed by atoms with van der Waals surface area (Å²) < 4.78 is 5.81. The van der Waals surface area contributed by atoms with E-state index in [0.29, 0.717) is 16.7 Å². The fraction of sp³-hybridized carbons (Fsp3) is 0.111. The van der Waals surface area contributed by atoms with Gasteiger partial charge >= 0.3 is 0 Å². The quantitative estimate of drug-likeness (QED) is 0.798. The highest BCUT2D eigenvalue weighted by Gasteiger charge is 2.11. The van der Waals surface area contributed by atoms with E-state index in [-0.39, 0.29) is 0 Å². The molecule has 5 heteroatoms. The van der Waals surface area contributed by atoms with E-state index in [0.717, 1.165) is 10.0 Å². The average molecular weight is 274 g/mol. The third kappa shape index (κ3) is 1.67. The van der Waals surface area contributed by atoms with E-state index >= 15 is 0 Å². The molecule has 0 aliphatic rings. The normalized spacial score (nSPS) is 10.5. The summed E-state index contributed by atoms with van der Waals surface area (Å²) >= 11 is 9.30. The fourth-order valence-corrected chi connectivity index (χ4v) is 1.68. The second-order valence-electron chi connectivity index (χ2n) is 2.75. The van der Waals surface area contributed by atoms with Gasteiger partial charge in [0.25, 0.3) is 5.89 Å². The molecule has 0 atom stereocenters. The molecule has 0 radical (unpaired) electrons. The van der Waals surface area contributed by atoms with Crippen molar-refractivity contribution in [1.82, 2.24) is 10.1 Å². The summed E-state index contributed by atoms with van der Waals surface area (Å²) in [4.78, 5) is 4.12. The minimum Gasteiger partial charge on any atom is -0.334 e. The molecule has 1 heterocycles. The van der Waals surface area contributed by atoms with Crippen LogP contribution in [0, 0.1) is 6.92 Å². The topological polar surface area (TPSA) is 38.9 Å². The summed E-state index contributed by atoms with van der Waals surface area (Å²) in [6.45, 7) is 1.77. The number of nitrogens with zero attached hydrogens (tertiary/aromatic N) is 2. The maximum atomic E-state index is 5.93. The van der Waals surface area contributed by atoms with Crippen LogP contribution in [0.5, 0.6) is 0 Å². The molecule has 1 aromatic heterocycles. The molecule has 0 aliphatic carbocycles. The Morgan fingerprint density at radius 3 is 2.86 bits per heavy atom. The summed E-state index contributed by atoms with van der Waals surface area (Å²) in [7, 11) is 0. The first-order valence-corrected chi connectivity index (χ1v) is 5.10. The van der Waals surface area contributed by atoms with Crippen molar-refractivity contribution in [2.45, 2.75) is 6.92 Å². The van der Waals surface area contributed by atoms with E-state index in [1.165, 1.54) is 0 Å². The number of aromatic nitrogens is 2. The second-order valence-corrected chi connectivity index (χ2v) is 3.95. The Morgan fingerprint density at radius 1 is 1.43 bits per heavy atom. The van der Waals surface area contributed by atoms with Gasteiger partial charge in [-0.3, -0.25) is 0 Å². The zero-order chi connectivity index (χ0) is 10.1. The molecular formula is C9H6BrClN2O. The molecule has 0 aliphatic heterocycles. The monoisotopic (exact) mass is 272 g/mol. The van der Waals surface area contributed by atoms with Gasteiger partial charge in [0.2, 0.25) is 0 Å². The minimum atomic E-state index is 0.469. The van der Waals surface area contributed by atoms with Crippen LogP contribution in [0.4, 0.5) is 0 Å². The smallest absolute Gasteiger partial charge is 0.259 e. The highest BCUT2D eigenvalue weighted by molar-refractivity contribution is 9.10. The van der Waals surface area contributed by atoms with Crippen molar-refractivity contribution < 1.29 is 4.52 Å². The van der Waals surface area contributed by atoms with Gasteiger partial charge in [-0.1, -0.05) is 22.8 Å². The fourth-order valence-electron chi connectivity index (χ4n) is 1.08. The van der Waals surface area contributed by atoms with Gasteiger partial charge in [0.15, 0.2) is 5.82 Å². The summed E-state index contributed by atoms with van der Waals surface area (Å²) in [6, 6.07) is 5.49. The van der Waals surface area contributed by atoms with Gasteiger partial charge in [-0.15, -0.1) is 0 Å². The molecule has 0 bridgehead atoms. The van der Waals surface area contributed by atoms with E-state index in [2.05, 4.69) is 26.1 Å². The molecule has 0 fully saturated rings. The second kappa shape index (κ2) is 3.71. The molecule has 2 aromatic rings. The van der Waals surface area contributed by atoms with E-state index in [1.54, 1.807) is 13.0 Å². The van der Waals surface area contributed by atoms with Crippen LogP contribution in [0.1, 0.15) is 5.82 Å². The van der Waals surface area contributed by atoms with E-state index in [1.807, 2.05) is 12.1 Å². The van der Waals surface area contributed by atoms with Crippen LogP contribution in [-0.2, 0) is 0 Å². The van der Waals surface area contributed by atoms with Gasteiger partial charge in [0.05, 0.1) is 10.6 Å². The zero-order valence-electron chi connectivity index (χ0n) is 7.29. The number of benzene rings is 1. The molecule has 0 amide bonds. The van der Waals surface area contributed by atoms with E-state index in [4.69, 9.17) is 16.1 Å². The summed E-state index contributed by atoms with van der Waals surface area (Å²) in [6.07, 6.45) is 0. The third-order valence-corrected chi connectivity index (χ3v) is 3.11. The standard InChI is InChI=1S/C9H6BrClN2O/c1-5-12-9(14-13-5)6-3-2-4-7(11)8(6)10/h2-4H,1H3. The molecule has 3 nitrogen and oxygen atoms in total. The number of hydrogen-bond donors (Lipinski definition) is 0. The van der Waals surface area contributed by atoms with Crippen LogP contribution < -0.4 is 0 Å². The van der Waals surface area contributed by atoms with Gasteiger partial charge in [-0.2, -0.15) is 4.98 Å². The van der Waals surface area contributed by atoms with Gasteiger partial charge in [0.1, 0.15) is 0 Å². The zero-order valence-corrected chi connectivity index (χ0v) is 9.63. The largest absolute Gasteiger partial charge is 0.334 e. The maximum absolute atomic E-state index is 5.93. The average Bonchev–Trinajstić information content (AvgIpc) is 2.57. The molecule has 1 aromatic carbocycles. The van der Waals surface area contributed by atoms with Gasteiger partial charge in [-0.25, -0.2) is 0 Å². The van der Waals surface area contributed by atoms with Crippen molar-refractivity contribution in [3.05, 3.63) is 33.5 Å². The summed E-state index contributed by atoms with van der Waals surface area (Å²) in [5, 5.41) is 4.34. The Morgan fingerprint density at radius 2 is 2.21 bits per heavy atom. The Bertz CT molecular complexity index is 470.